The summed E-state index contributed by atoms with van der Waals surface area (Å²) in [4.78, 5) is 25.0. The topological polar surface area (TPSA) is 58.2 Å². The van der Waals surface area contributed by atoms with Crippen LogP contribution in [-0.4, -0.2) is 11.8 Å². The number of carbonyl (C=O) groups excluding carboxylic acids is 2. The van der Waals surface area contributed by atoms with E-state index in [0.717, 1.165) is 22.5 Å². The van der Waals surface area contributed by atoms with E-state index in [-0.39, 0.29) is 11.8 Å². The first-order valence-electron chi connectivity index (χ1n) is 8.76. The fraction of sp³-hybridized carbons (Fsp3) is 0.333. The minimum absolute atomic E-state index is 0.231. The Labute approximate surface area is 149 Å². The highest BCUT2D eigenvalue weighted by atomic mass is 16.2. The molecule has 0 bridgehead atoms. The van der Waals surface area contributed by atoms with E-state index in [0.29, 0.717) is 12.8 Å². The van der Waals surface area contributed by atoms with Crippen molar-refractivity contribution in [1.82, 2.24) is 0 Å². The molecule has 25 heavy (non-hydrogen) atoms. The Hall–Kier alpha value is -2.62. The fourth-order valence-electron chi connectivity index (χ4n) is 2.46. The van der Waals surface area contributed by atoms with E-state index in [2.05, 4.69) is 10.6 Å². The number of nitrogens with one attached hydrogen (secondary N) is 2. The van der Waals surface area contributed by atoms with Crippen LogP contribution in [0.3, 0.4) is 0 Å². The number of hydrogen-bond acceptors (Lipinski definition) is 2. The molecule has 1 aliphatic rings. The number of aryl methyl sites for hydroxylation is 2. The predicted octanol–water partition coefficient (Wildman–Crippen LogP) is 4.69. The number of anilines is 2. The van der Waals surface area contributed by atoms with Gasteiger partial charge in [0.25, 0.3) is 0 Å². The summed E-state index contributed by atoms with van der Waals surface area (Å²) in [6, 6.07) is 15.1. The Kier molecular flexibility index (Phi) is 5.97. The van der Waals surface area contributed by atoms with E-state index in [9.17, 15) is 9.59 Å². The Bertz CT molecular complexity index is 668. The third-order valence-corrected chi connectivity index (χ3v) is 4.24. The van der Waals surface area contributed by atoms with Gasteiger partial charge in [-0.15, -0.1) is 0 Å². The molecule has 4 nitrogen and oxygen atoms in total. The van der Waals surface area contributed by atoms with Crippen LogP contribution in [0.25, 0.3) is 0 Å². The maximum atomic E-state index is 12.5. The van der Waals surface area contributed by atoms with Crippen LogP contribution in [-0.2, 0) is 9.59 Å². The molecular weight excluding hydrogens is 312 g/mol. The first-order valence-corrected chi connectivity index (χ1v) is 8.76. The smallest absolute Gasteiger partial charge is 0.240 e. The summed E-state index contributed by atoms with van der Waals surface area (Å²) >= 11 is 0. The number of rotatable bonds is 4. The fourth-order valence-corrected chi connectivity index (χ4v) is 2.46. The lowest BCUT2D eigenvalue weighted by atomic mass is 10.0. The molecule has 0 heterocycles. The monoisotopic (exact) mass is 338 g/mol. The third kappa shape index (κ3) is 4.47. The van der Waals surface area contributed by atoms with Crippen molar-refractivity contribution in [2.45, 2.75) is 40.5 Å². The first kappa shape index (κ1) is 18.7. The third-order valence-electron chi connectivity index (χ3n) is 4.24. The molecule has 0 aromatic heterocycles. The molecule has 4 heteroatoms. The quantitative estimate of drug-likeness (QED) is 0.795. The van der Waals surface area contributed by atoms with Gasteiger partial charge in [0.15, 0.2) is 0 Å². The van der Waals surface area contributed by atoms with Gasteiger partial charge in [0.05, 0.1) is 0 Å². The highest BCUT2D eigenvalue weighted by Crippen LogP contribution is 2.47. The highest BCUT2D eigenvalue weighted by molar-refractivity contribution is 6.16. The minimum Gasteiger partial charge on any atom is -0.325 e. The molecular formula is C21H26N2O2. The normalized spacial score (nSPS) is 13.9. The average molecular weight is 338 g/mol. The summed E-state index contributed by atoms with van der Waals surface area (Å²) in [5.41, 5.74) is 2.75. The van der Waals surface area contributed by atoms with E-state index in [4.69, 9.17) is 0 Å². The van der Waals surface area contributed by atoms with Gasteiger partial charge in [0, 0.05) is 11.4 Å². The molecule has 2 aromatic rings. The first-order chi connectivity index (χ1) is 12.0. The van der Waals surface area contributed by atoms with Gasteiger partial charge in [-0.3, -0.25) is 9.59 Å². The highest BCUT2D eigenvalue weighted by Gasteiger charge is 2.56. The molecule has 0 saturated heterocycles. The van der Waals surface area contributed by atoms with Gasteiger partial charge < -0.3 is 10.6 Å². The summed E-state index contributed by atoms with van der Waals surface area (Å²) in [7, 11) is 0. The standard InChI is InChI=1S/C19H20N2O2.C2H6/c1-13-3-7-15(8-4-13)20-17(22)19(11-12-19)18(23)21-16-9-5-14(2)6-10-16;1-2/h3-10H,11-12H2,1-2H3,(H,20,22)(H,21,23);1-2H3. The largest absolute Gasteiger partial charge is 0.325 e. The van der Waals surface area contributed by atoms with Crippen LogP contribution >= 0.6 is 0 Å². The number of benzene rings is 2. The molecule has 0 atom stereocenters. The Morgan fingerprint density at radius 3 is 1.32 bits per heavy atom. The van der Waals surface area contributed by atoms with Crippen molar-refractivity contribution < 1.29 is 9.59 Å². The van der Waals surface area contributed by atoms with Gasteiger partial charge in [-0.1, -0.05) is 49.2 Å². The van der Waals surface area contributed by atoms with Crippen LogP contribution < -0.4 is 10.6 Å². The van der Waals surface area contributed by atoms with Crippen molar-refractivity contribution in [1.29, 1.82) is 0 Å². The van der Waals surface area contributed by atoms with Gasteiger partial charge in [-0.05, 0) is 51.0 Å². The van der Waals surface area contributed by atoms with Crippen LogP contribution in [0.2, 0.25) is 0 Å². The summed E-state index contributed by atoms with van der Waals surface area (Å²) in [6.45, 7) is 7.98. The SMILES string of the molecule is CC.Cc1ccc(NC(=O)C2(C(=O)Nc3ccc(C)cc3)CC2)cc1. The summed E-state index contributed by atoms with van der Waals surface area (Å²) in [6.07, 6.45) is 1.17. The van der Waals surface area contributed by atoms with Gasteiger partial charge in [0.2, 0.25) is 11.8 Å². The van der Waals surface area contributed by atoms with Crippen molar-refractivity contribution in [3.63, 3.8) is 0 Å². The van der Waals surface area contributed by atoms with Crippen molar-refractivity contribution in [2.24, 2.45) is 5.41 Å². The van der Waals surface area contributed by atoms with Gasteiger partial charge in [0.1, 0.15) is 5.41 Å². The second kappa shape index (κ2) is 7.97. The molecule has 1 fully saturated rings. The second-order valence-corrected chi connectivity index (χ2v) is 6.22. The Balaban J connectivity index is 0.00000109. The van der Waals surface area contributed by atoms with Crippen LogP contribution in [0, 0.1) is 19.3 Å². The predicted molar refractivity (Wildman–Crippen MR) is 103 cm³/mol. The van der Waals surface area contributed by atoms with Gasteiger partial charge in [-0.25, -0.2) is 0 Å². The van der Waals surface area contributed by atoms with E-state index < -0.39 is 5.41 Å². The zero-order chi connectivity index (χ0) is 18.4. The van der Waals surface area contributed by atoms with Gasteiger partial charge in [-0.2, -0.15) is 0 Å². The zero-order valence-electron chi connectivity index (χ0n) is 15.3. The van der Waals surface area contributed by atoms with E-state index in [1.807, 2.05) is 76.2 Å². The molecule has 0 radical (unpaired) electrons. The molecule has 2 aromatic carbocycles. The van der Waals surface area contributed by atoms with Crippen molar-refractivity contribution in [3.8, 4) is 0 Å². The molecule has 1 aliphatic carbocycles. The second-order valence-electron chi connectivity index (χ2n) is 6.22. The van der Waals surface area contributed by atoms with Crippen molar-refractivity contribution >= 4 is 23.2 Å². The zero-order valence-corrected chi connectivity index (χ0v) is 15.3. The maximum Gasteiger partial charge on any atom is 0.240 e. The number of amides is 2. The maximum absolute atomic E-state index is 12.5. The lowest BCUT2D eigenvalue weighted by Crippen LogP contribution is -2.35. The van der Waals surface area contributed by atoms with Crippen LogP contribution in [0.1, 0.15) is 37.8 Å². The molecule has 0 aliphatic heterocycles. The van der Waals surface area contributed by atoms with Gasteiger partial charge >= 0.3 is 0 Å². The molecule has 3 rings (SSSR count). The van der Waals surface area contributed by atoms with Crippen LogP contribution in [0.5, 0.6) is 0 Å². The Morgan fingerprint density at radius 2 is 1.04 bits per heavy atom. The molecule has 2 amide bonds. The average Bonchev–Trinajstić information content (AvgIpc) is 3.43. The number of carbonyl (C=O) groups is 2. The van der Waals surface area contributed by atoms with Crippen LogP contribution in [0.15, 0.2) is 48.5 Å². The minimum atomic E-state index is -0.935. The van der Waals surface area contributed by atoms with E-state index in [1.54, 1.807) is 0 Å². The molecule has 2 N–H and O–H groups in total. The molecule has 1 saturated carbocycles. The van der Waals surface area contributed by atoms with E-state index in [1.165, 1.54) is 0 Å². The molecule has 0 unspecified atom stereocenters. The van der Waals surface area contributed by atoms with Crippen LogP contribution in [0.4, 0.5) is 11.4 Å². The van der Waals surface area contributed by atoms with Crippen molar-refractivity contribution in [2.75, 3.05) is 10.6 Å². The Morgan fingerprint density at radius 1 is 0.720 bits per heavy atom. The number of hydrogen-bond donors (Lipinski definition) is 2. The lowest BCUT2D eigenvalue weighted by molar-refractivity contribution is -0.131. The summed E-state index contributed by atoms with van der Waals surface area (Å²) < 4.78 is 0. The van der Waals surface area contributed by atoms with E-state index >= 15 is 0 Å². The lowest BCUT2D eigenvalue weighted by Gasteiger charge is -2.15. The van der Waals surface area contributed by atoms with Crippen molar-refractivity contribution in [3.05, 3.63) is 59.7 Å². The summed E-state index contributed by atoms with van der Waals surface area (Å²) in [5, 5.41) is 5.70. The molecule has 132 valence electrons. The summed E-state index contributed by atoms with van der Waals surface area (Å²) in [5.74, 6) is -0.461. The molecule has 0 spiro atoms.